The Kier molecular flexibility index (Phi) is 4.27. The van der Waals surface area contributed by atoms with Crippen molar-refractivity contribution in [3.63, 3.8) is 0 Å². The number of hydrogen-bond acceptors (Lipinski definition) is 0. The molecule has 0 spiro atoms. The Hall–Kier alpha value is -6.38. The van der Waals surface area contributed by atoms with Crippen molar-refractivity contribution in [2.45, 2.75) is 0 Å². The predicted molar refractivity (Wildman–Crippen MR) is 205 cm³/mol. The van der Waals surface area contributed by atoms with E-state index in [9.17, 15) is 0 Å². The van der Waals surface area contributed by atoms with Gasteiger partial charge >= 0.3 is 0 Å². The minimum absolute atomic E-state index is 0.137. The first-order valence-electron chi connectivity index (χ1n) is 18.7. The second-order valence-corrected chi connectivity index (χ2v) is 12.6. The number of hydrogen-bond donors (Lipinski definition) is 0. The fraction of sp³-hybridized carbons (Fsp3) is 0. The molecule has 11 aromatic rings. The number of nitrogens with zero attached hydrogens (tertiary/aromatic N) is 2. The minimum Gasteiger partial charge on any atom is -0.309 e. The van der Waals surface area contributed by atoms with Crippen LogP contribution in [0.3, 0.4) is 0 Å². The maximum absolute atomic E-state index is 9.03. The summed E-state index contributed by atoms with van der Waals surface area (Å²) in [4.78, 5) is 0. The lowest BCUT2D eigenvalue weighted by Crippen LogP contribution is -1.96. The van der Waals surface area contributed by atoms with Gasteiger partial charge in [0.25, 0.3) is 0 Å². The van der Waals surface area contributed by atoms with Gasteiger partial charge in [0.2, 0.25) is 0 Å². The zero-order valence-corrected chi connectivity index (χ0v) is 25.7. The Bertz CT molecular complexity index is 3380. The first-order chi connectivity index (χ1) is 25.9. The number of fused-ring (bicyclic) bond motifs is 13. The fourth-order valence-electron chi connectivity index (χ4n) is 8.08. The van der Waals surface area contributed by atoms with Gasteiger partial charge in [-0.1, -0.05) is 121 Å². The Morgan fingerprint density at radius 1 is 0.333 bits per heavy atom. The number of benzene rings is 9. The lowest BCUT2D eigenvalue weighted by molar-refractivity contribution is 1.17. The van der Waals surface area contributed by atoms with E-state index in [2.05, 4.69) is 120 Å². The van der Waals surface area contributed by atoms with Crippen LogP contribution in [0.2, 0.25) is 0 Å². The van der Waals surface area contributed by atoms with Crippen LogP contribution < -0.4 is 0 Å². The molecule has 0 amide bonds. The monoisotopic (exact) mass is 613 g/mol. The van der Waals surface area contributed by atoms with Crippen molar-refractivity contribution < 1.29 is 6.85 Å². The van der Waals surface area contributed by atoms with Crippen molar-refractivity contribution in [2.24, 2.45) is 0 Å². The Morgan fingerprint density at radius 2 is 0.938 bits per heavy atom. The third kappa shape index (κ3) is 3.46. The summed E-state index contributed by atoms with van der Waals surface area (Å²) in [6, 6.07) is 47.5. The van der Waals surface area contributed by atoms with Gasteiger partial charge in [-0.25, -0.2) is 0 Å². The summed E-state index contributed by atoms with van der Waals surface area (Å²) in [5.74, 6) is 0. The molecule has 0 aliphatic carbocycles. The molecule has 0 saturated carbocycles. The van der Waals surface area contributed by atoms with Crippen molar-refractivity contribution >= 4 is 86.7 Å². The zero-order chi connectivity index (χ0) is 35.7. The second kappa shape index (κ2) is 9.57. The van der Waals surface area contributed by atoms with E-state index < -0.39 is 6.04 Å². The zero-order valence-electron chi connectivity index (χ0n) is 30.7. The lowest BCUT2D eigenvalue weighted by Gasteiger charge is -2.12. The summed E-state index contributed by atoms with van der Waals surface area (Å²) in [5, 5.41) is 13.5. The summed E-state index contributed by atoms with van der Waals surface area (Å²) in [7, 11) is 0. The first-order valence-corrected chi connectivity index (χ1v) is 16.2. The molecule has 11 rings (SSSR count). The molecule has 0 bridgehead atoms. The van der Waals surface area contributed by atoms with E-state index in [-0.39, 0.29) is 29.9 Å². The van der Waals surface area contributed by atoms with E-state index in [1.165, 1.54) is 26.9 Å². The molecule has 0 N–H and O–H groups in total. The molecule has 2 heteroatoms. The van der Waals surface area contributed by atoms with Crippen LogP contribution in [0.15, 0.2) is 170 Å². The maximum atomic E-state index is 9.03. The molecule has 0 saturated heterocycles. The fourth-order valence-corrected chi connectivity index (χ4v) is 8.08. The average Bonchev–Trinajstić information content (AvgIpc) is 3.70. The number of aromatic nitrogens is 2. The van der Waals surface area contributed by atoms with E-state index in [1.807, 2.05) is 28.8 Å². The molecule has 48 heavy (non-hydrogen) atoms. The highest BCUT2D eigenvalue weighted by Crippen LogP contribution is 2.42. The Balaban J connectivity index is 1.27. The van der Waals surface area contributed by atoms with Gasteiger partial charge in [-0.05, 0) is 91.6 Å². The van der Waals surface area contributed by atoms with Gasteiger partial charge in [-0.2, -0.15) is 0 Å². The highest BCUT2D eigenvalue weighted by atomic mass is 15.0. The van der Waals surface area contributed by atoms with Crippen molar-refractivity contribution in [3.05, 3.63) is 170 Å². The summed E-state index contributed by atoms with van der Waals surface area (Å²) >= 11 is 0. The standard InChI is InChI=1S/C46H28N2/c1-2-12-32(13-3-1)47-43-25-20-30-11-5-7-15-36(30)46(43)41-27-40-39-16-8-9-17-42(39)48(44(40)28-45(41)47)33-21-24-35-31(26-33)19-23-37-34-14-6-4-10-29(34)18-22-38(35)37/h1-28H/i1D,2D,3D,12D,13D. The van der Waals surface area contributed by atoms with Gasteiger partial charge < -0.3 is 9.13 Å². The van der Waals surface area contributed by atoms with Crippen LogP contribution in [0.25, 0.3) is 98.1 Å². The highest BCUT2D eigenvalue weighted by molar-refractivity contribution is 6.25. The third-order valence-corrected chi connectivity index (χ3v) is 10.1. The molecule has 9 aromatic carbocycles. The smallest absolute Gasteiger partial charge is 0.0645 e. The van der Waals surface area contributed by atoms with Crippen LogP contribution in [0.1, 0.15) is 6.85 Å². The molecule has 0 atom stereocenters. The van der Waals surface area contributed by atoms with Gasteiger partial charge in [0.1, 0.15) is 0 Å². The van der Waals surface area contributed by atoms with E-state index >= 15 is 0 Å². The van der Waals surface area contributed by atoms with Crippen LogP contribution in [-0.4, -0.2) is 9.13 Å². The molecular weight excluding hydrogens is 581 g/mol. The number of para-hydroxylation sites is 2. The molecule has 0 radical (unpaired) electrons. The largest absolute Gasteiger partial charge is 0.309 e. The molecule has 2 heterocycles. The molecule has 0 fully saturated rings. The molecular formula is C46H28N2. The van der Waals surface area contributed by atoms with Crippen molar-refractivity contribution in [1.29, 1.82) is 0 Å². The van der Waals surface area contributed by atoms with Gasteiger partial charge in [-0.15, -0.1) is 0 Å². The SMILES string of the molecule is [2H]c1c([2H])c([2H])c(-n2c3cc4c(cc3c3c5ccccc5ccc32)c2ccccc2n4-c2ccc3c(ccc4c5ccccc5ccc34)c2)c([2H])c1[2H]. The van der Waals surface area contributed by atoms with Crippen molar-refractivity contribution in [3.8, 4) is 11.4 Å². The molecule has 0 aliphatic heterocycles. The summed E-state index contributed by atoms with van der Waals surface area (Å²) in [6.45, 7) is 0. The molecule has 2 nitrogen and oxygen atoms in total. The molecule has 0 aliphatic rings. The lowest BCUT2D eigenvalue weighted by atomic mass is 9.97. The van der Waals surface area contributed by atoms with E-state index in [0.29, 0.717) is 0 Å². The van der Waals surface area contributed by atoms with Crippen molar-refractivity contribution in [2.75, 3.05) is 0 Å². The summed E-state index contributed by atoms with van der Waals surface area (Å²) in [6.07, 6.45) is 0. The van der Waals surface area contributed by atoms with E-state index in [0.717, 1.165) is 65.5 Å². The van der Waals surface area contributed by atoms with Crippen LogP contribution in [0, 0.1) is 0 Å². The minimum atomic E-state index is -0.408. The van der Waals surface area contributed by atoms with Crippen LogP contribution >= 0.6 is 0 Å². The Labute approximate surface area is 283 Å². The highest BCUT2D eigenvalue weighted by Gasteiger charge is 2.20. The summed E-state index contributed by atoms with van der Waals surface area (Å²) in [5.41, 5.74) is 4.73. The average molecular weight is 614 g/mol. The van der Waals surface area contributed by atoms with Gasteiger partial charge in [-0.3, -0.25) is 0 Å². The van der Waals surface area contributed by atoms with Crippen LogP contribution in [0.5, 0.6) is 0 Å². The van der Waals surface area contributed by atoms with Crippen LogP contribution in [0.4, 0.5) is 0 Å². The number of rotatable bonds is 2. The predicted octanol–water partition coefficient (Wildman–Crippen LogP) is 12.5. The first kappa shape index (κ1) is 21.4. The van der Waals surface area contributed by atoms with E-state index in [1.54, 1.807) is 0 Å². The van der Waals surface area contributed by atoms with Crippen molar-refractivity contribution in [1.82, 2.24) is 9.13 Å². The maximum Gasteiger partial charge on any atom is 0.0645 e. The normalized spacial score (nSPS) is 13.6. The molecule has 0 unspecified atom stereocenters. The topological polar surface area (TPSA) is 9.86 Å². The van der Waals surface area contributed by atoms with E-state index in [4.69, 9.17) is 6.85 Å². The van der Waals surface area contributed by atoms with Gasteiger partial charge in [0.05, 0.1) is 28.9 Å². The Morgan fingerprint density at radius 3 is 1.77 bits per heavy atom. The van der Waals surface area contributed by atoms with Crippen LogP contribution in [-0.2, 0) is 0 Å². The van der Waals surface area contributed by atoms with Gasteiger partial charge in [0, 0.05) is 32.9 Å². The molecule has 2 aromatic heterocycles. The summed E-state index contributed by atoms with van der Waals surface area (Å²) < 4.78 is 47.7. The quantitative estimate of drug-likeness (QED) is 0.172. The molecule has 222 valence electrons. The third-order valence-electron chi connectivity index (χ3n) is 10.1. The second-order valence-electron chi connectivity index (χ2n) is 12.6. The van der Waals surface area contributed by atoms with Gasteiger partial charge in [0.15, 0.2) is 0 Å².